The van der Waals surface area contributed by atoms with E-state index in [0.717, 1.165) is 6.07 Å². The molecule has 2 unspecified atom stereocenters. The zero-order chi connectivity index (χ0) is 12.6. The average molecular weight is 258 g/mol. The third-order valence-corrected chi connectivity index (χ3v) is 4.06. The van der Waals surface area contributed by atoms with Gasteiger partial charge in [-0.2, -0.15) is 11.8 Å². The minimum atomic E-state index is -0.840. The van der Waals surface area contributed by atoms with Gasteiger partial charge in [-0.15, -0.1) is 0 Å². The van der Waals surface area contributed by atoms with Gasteiger partial charge < -0.3 is 10.6 Å². The molecule has 1 heterocycles. The Balaban J connectivity index is 2.36. The molecule has 2 N–H and O–H groups in total. The van der Waals surface area contributed by atoms with Crippen LogP contribution in [0.5, 0.6) is 0 Å². The summed E-state index contributed by atoms with van der Waals surface area (Å²) in [6.45, 7) is 5.56. The summed E-state index contributed by atoms with van der Waals surface area (Å²) in [5.74, 6) is -1.68. The van der Waals surface area contributed by atoms with Crippen molar-refractivity contribution in [2.24, 2.45) is 0 Å². The van der Waals surface area contributed by atoms with Crippen molar-refractivity contribution in [1.29, 1.82) is 0 Å². The van der Waals surface area contributed by atoms with E-state index in [0.29, 0.717) is 29.3 Å². The first kappa shape index (κ1) is 12.5. The molecule has 0 amide bonds. The highest BCUT2D eigenvalue weighted by molar-refractivity contribution is 8.00. The molecule has 0 aromatic heterocycles. The van der Waals surface area contributed by atoms with Crippen LogP contribution >= 0.6 is 11.8 Å². The summed E-state index contributed by atoms with van der Waals surface area (Å²) in [5.41, 5.74) is 6.27. The molecule has 1 aliphatic heterocycles. The quantitative estimate of drug-likeness (QED) is 0.785. The molecule has 2 atom stereocenters. The maximum Gasteiger partial charge on any atom is 0.184 e. The fourth-order valence-corrected chi connectivity index (χ4v) is 3.56. The molecule has 94 valence electrons. The van der Waals surface area contributed by atoms with E-state index in [4.69, 9.17) is 5.73 Å². The average Bonchev–Trinajstić information content (AvgIpc) is 2.23. The van der Waals surface area contributed by atoms with Crippen molar-refractivity contribution in [3.63, 3.8) is 0 Å². The van der Waals surface area contributed by atoms with Crippen LogP contribution in [0, 0.1) is 11.6 Å². The first-order valence-corrected chi connectivity index (χ1v) is 6.57. The molecule has 1 fully saturated rings. The fraction of sp³-hybridized carbons (Fsp3) is 0.500. The fourth-order valence-electron chi connectivity index (χ4n) is 2.24. The molecule has 1 aliphatic rings. The van der Waals surface area contributed by atoms with E-state index in [1.54, 1.807) is 0 Å². The van der Waals surface area contributed by atoms with Crippen molar-refractivity contribution in [1.82, 2.24) is 0 Å². The molecule has 0 saturated carbocycles. The number of halogens is 2. The zero-order valence-corrected chi connectivity index (χ0v) is 10.7. The van der Waals surface area contributed by atoms with E-state index in [1.807, 2.05) is 16.7 Å². The van der Waals surface area contributed by atoms with E-state index >= 15 is 0 Å². The number of anilines is 2. The van der Waals surface area contributed by atoms with Crippen LogP contribution in [-0.4, -0.2) is 23.6 Å². The molecule has 0 aliphatic carbocycles. The molecule has 1 saturated heterocycles. The molecule has 0 radical (unpaired) electrons. The van der Waals surface area contributed by atoms with Crippen LogP contribution in [0.4, 0.5) is 20.2 Å². The maximum absolute atomic E-state index is 13.8. The summed E-state index contributed by atoms with van der Waals surface area (Å²) in [4.78, 5) is 1.85. The number of benzene rings is 1. The van der Waals surface area contributed by atoms with Gasteiger partial charge in [0, 0.05) is 23.6 Å². The number of hydrogen-bond acceptors (Lipinski definition) is 3. The Kier molecular flexibility index (Phi) is 3.47. The van der Waals surface area contributed by atoms with Crippen molar-refractivity contribution < 1.29 is 8.78 Å². The molecular weight excluding hydrogens is 242 g/mol. The SMILES string of the molecule is CC1CN(c2c(N)ccc(F)c2F)CC(C)S1. The minimum absolute atomic E-state index is 0.212. The summed E-state index contributed by atoms with van der Waals surface area (Å²) in [6, 6.07) is 2.49. The lowest BCUT2D eigenvalue weighted by atomic mass is 10.2. The molecule has 17 heavy (non-hydrogen) atoms. The minimum Gasteiger partial charge on any atom is -0.397 e. The highest BCUT2D eigenvalue weighted by atomic mass is 32.2. The van der Waals surface area contributed by atoms with Crippen molar-refractivity contribution in [3.05, 3.63) is 23.8 Å². The Labute approximate surface area is 104 Å². The van der Waals surface area contributed by atoms with Gasteiger partial charge in [0.05, 0.1) is 11.4 Å². The lowest BCUT2D eigenvalue weighted by Gasteiger charge is -2.36. The molecule has 2 rings (SSSR count). The third kappa shape index (κ3) is 2.49. The van der Waals surface area contributed by atoms with E-state index in [-0.39, 0.29) is 5.69 Å². The highest BCUT2D eigenvalue weighted by Crippen LogP contribution is 2.34. The van der Waals surface area contributed by atoms with Gasteiger partial charge in [-0.05, 0) is 12.1 Å². The van der Waals surface area contributed by atoms with Crippen LogP contribution in [0.3, 0.4) is 0 Å². The Morgan fingerprint density at radius 2 is 1.82 bits per heavy atom. The van der Waals surface area contributed by atoms with Crippen molar-refractivity contribution in [2.45, 2.75) is 24.3 Å². The lowest BCUT2D eigenvalue weighted by Crippen LogP contribution is -2.41. The number of rotatable bonds is 1. The van der Waals surface area contributed by atoms with Gasteiger partial charge >= 0.3 is 0 Å². The van der Waals surface area contributed by atoms with Gasteiger partial charge in [0.2, 0.25) is 0 Å². The van der Waals surface area contributed by atoms with Crippen molar-refractivity contribution in [3.8, 4) is 0 Å². The van der Waals surface area contributed by atoms with Crippen LogP contribution in [0.1, 0.15) is 13.8 Å². The first-order valence-electron chi connectivity index (χ1n) is 5.63. The number of nitrogen functional groups attached to an aromatic ring is 1. The predicted octanol–water partition coefficient (Wildman–Crippen LogP) is 2.88. The molecule has 0 bridgehead atoms. The summed E-state index contributed by atoms with van der Waals surface area (Å²) in [5, 5.41) is 0.779. The van der Waals surface area contributed by atoms with Crippen molar-refractivity contribution in [2.75, 3.05) is 23.7 Å². The summed E-state index contributed by atoms with van der Waals surface area (Å²) in [7, 11) is 0. The lowest BCUT2D eigenvalue weighted by molar-refractivity contribution is 0.505. The smallest absolute Gasteiger partial charge is 0.184 e. The molecule has 1 aromatic carbocycles. The molecular formula is C12H16F2N2S. The number of nitrogens with zero attached hydrogens (tertiary/aromatic N) is 1. The second kappa shape index (κ2) is 4.72. The zero-order valence-electron chi connectivity index (χ0n) is 9.91. The summed E-state index contributed by atoms with van der Waals surface area (Å²) < 4.78 is 27.0. The number of nitrogens with two attached hydrogens (primary N) is 1. The Hall–Kier alpha value is -0.970. The second-order valence-corrected chi connectivity index (χ2v) is 6.34. The van der Waals surface area contributed by atoms with Gasteiger partial charge in [-0.25, -0.2) is 8.78 Å². The van der Waals surface area contributed by atoms with Crippen LogP contribution in [-0.2, 0) is 0 Å². The molecule has 0 spiro atoms. The standard InChI is InChI=1S/C12H16F2N2S/c1-7-5-16(6-8(2)17-7)12-10(15)4-3-9(13)11(12)14/h3-4,7-8H,5-6,15H2,1-2H3. The highest BCUT2D eigenvalue weighted by Gasteiger charge is 2.26. The van der Waals surface area contributed by atoms with Gasteiger partial charge in [0.25, 0.3) is 0 Å². The van der Waals surface area contributed by atoms with Gasteiger partial charge in [0.15, 0.2) is 11.6 Å². The van der Waals surface area contributed by atoms with E-state index in [2.05, 4.69) is 13.8 Å². The number of thioether (sulfide) groups is 1. The van der Waals surface area contributed by atoms with E-state index in [1.165, 1.54) is 6.07 Å². The second-order valence-electron chi connectivity index (χ2n) is 4.46. The Morgan fingerprint density at radius 3 is 2.41 bits per heavy atom. The van der Waals surface area contributed by atoms with Crippen LogP contribution in [0.25, 0.3) is 0 Å². The van der Waals surface area contributed by atoms with Crippen LogP contribution in [0.2, 0.25) is 0 Å². The topological polar surface area (TPSA) is 29.3 Å². The van der Waals surface area contributed by atoms with Gasteiger partial charge in [-0.3, -0.25) is 0 Å². The number of hydrogen-bond donors (Lipinski definition) is 1. The molecule has 2 nitrogen and oxygen atoms in total. The van der Waals surface area contributed by atoms with E-state index in [9.17, 15) is 8.78 Å². The summed E-state index contributed by atoms with van der Waals surface area (Å²) in [6.07, 6.45) is 0. The predicted molar refractivity (Wildman–Crippen MR) is 69.5 cm³/mol. The monoisotopic (exact) mass is 258 g/mol. The maximum atomic E-state index is 13.8. The van der Waals surface area contributed by atoms with Gasteiger partial charge in [-0.1, -0.05) is 13.8 Å². The molecule has 1 aromatic rings. The van der Waals surface area contributed by atoms with E-state index < -0.39 is 11.6 Å². The van der Waals surface area contributed by atoms with Crippen molar-refractivity contribution >= 4 is 23.1 Å². The van der Waals surface area contributed by atoms with Gasteiger partial charge in [0.1, 0.15) is 0 Å². The Morgan fingerprint density at radius 1 is 1.24 bits per heavy atom. The molecule has 5 heteroatoms. The van der Waals surface area contributed by atoms with Crippen LogP contribution < -0.4 is 10.6 Å². The van der Waals surface area contributed by atoms with Crippen LogP contribution in [0.15, 0.2) is 12.1 Å². The largest absolute Gasteiger partial charge is 0.397 e. The normalized spacial score (nSPS) is 25.1. The summed E-state index contributed by atoms with van der Waals surface area (Å²) >= 11 is 1.86. The first-order chi connectivity index (χ1) is 7.99. The third-order valence-electron chi connectivity index (χ3n) is 2.84. The Bertz CT molecular complexity index is 415.